The molecule has 0 aliphatic carbocycles. The van der Waals surface area contributed by atoms with Crippen molar-refractivity contribution in [2.75, 3.05) is 5.75 Å². The van der Waals surface area contributed by atoms with Gasteiger partial charge in [-0.1, -0.05) is 37.3 Å². The Morgan fingerprint density at radius 1 is 1.32 bits per heavy atom. The average Bonchev–Trinajstić information content (AvgIpc) is 2.39. The summed E-state index contributed by atoms with van der Waals surface area (Å²) < 4.78 is 26.4. The highest BCUT2D eigenvalue weighted by Crippen LogP contribution is 2.07. The molecule has 0 fully saturated rings. The Morgan fingerprint density at radius 3 is 2.58 bits per heavy atom. The summed E-state index contributed by atoms with van der Waals surface area (Å²) in [6, 6.07) is 11.7. The molecule has 0 aliphatic heterocycles. The number of hydrogen-bond acceptors (Lipinski definition) is 3. The number of nitrogens with zero attached hydrogens (tertiary/aromatic N) is 1. The molecule has 0 aliphatic rings. The number of hydrogen-bond donors (Lipinski definition) is 1. The predicted molar refractivity (Wildman–Crippen MR) is 76.0 cm³/mol. The van der Waals surface area contributed by atoms with Crippen LogP contribution >= 0.6 is 0 Å². The van der Waals surface area contributed by atoms with Gasteiger partial charge in [-0.15, -0.1) is 0 Å². The van der Waals surface area contributed by atoms with Gasteiger partial charge in [-0.2, -0.15) is 5.26 Å². The van der Waals surface area contributed by atoms with Crippen LogP contribution in [0.1, 0.15) is 31.7 Å². The molecule has 104 valence electrons. The van der Waals surface area contributed by atoms with Crippen molar-refractivity contribution in [3.63, 3.8) is 0 Å². The number of unbranched alkanes of at least 4 members (excludes halogenated alkanes) is 1. The topological polar surface area (TPSA) is 70.0 Å². The monoisotopic (exact) mass is 280 g/mol. The molecule has 1 aromatic carbocycles. The van der Waals surface area contributed by atoms with Gasteiger partial charge in [0.25, 0.3) is 0 Å². The molecule has 4 nitrogen and oxygen atoms in total. The number of sulfonamides is 1. The summed E-state index contributed by atoms with van der Waals surface area (Å²) in [5, 5.41) is 8.42. The van der Waals surface area contributed by atoms with Gasteiger partial charge in [-0.05, 0) is 24.8 Å². The maximum Gasteiger partial charge on any atom is 0.211 e. The highest BCUT2D eigenvalue weighted by Gasteiger charge is 2.16. The normalized spacial score (nSPS) is 12.8. The van der Waals surface area contributed by atoms with Gasteiger partial charge in [0.05, 0.1) is 11.8 Å². The maximum absolute atomic E-state index is 11.8. The first kappa shape index (κ1) is 15.7. The van der Waals surface area contributed by atoms with Gasteiger partial charge in [0, 0.05) is 12.5 Å². The van der Waals surface area contributed by atoms with Crippen LogP contribution in [0, 0.1) is 11.3 Å². The Hall–Kier alpha value is -1.38. The third-order valence-electron chi connectivity index (χ3n) is 2.87. The minimum atomic E-state index is -3.29. The molecule has 1 rings (SSSR count). The van der Waals surface area contributed by atoms with Gasteiger partial charge >= 0.3 is 0 Å². The summed E-state index contributed by atoms with van der Waals surface area (Å²) in [6.45, 7) is 1.96. The fourth-order valence-electron chi connectivity index (χ4n) is 1.82. The first-order valence-electron chi connectivity index (χ1n) is 6.48. The molecule has 0 unspecified atom stereocenters. The molecule has 0 bridgehead atoms. The van der Waals surface area contributed by atoms with Crippen LogP contribution in [0.4, 0.5) is 0 Å². The third-order valence-corrected chi connectivity index (χ3v) is 4.38. The molecular weight excluding hydrogens is 260 g/mol. The lowest BCUT2D eigenvalue weighted by Gasteiger charge is -2.17. The fourth-order valence-corrected chi connectivity index (χ4v) is 3.22. The van der Waals surface area contributed by atoms with E-state index in [1.54, 1.807) is 0 Å². The van der Waals surface area contributed by atoms with Crippen LogP contribution in [0.3, 0.4) is 0 Å². The van der Waals surface area contributed by atoms with Crippen molar-refractivity contribution >= 4 is 10.0 Å². The summed E-state index contributed by atoms with van der Waals surface area (Å²) in [6.07, 6.45) is 2.09. The van der Waals surface area contributed by atoms with Crippen molar-refractivity contribution < 1.29 is 8.42 Å². The van der Waals surface area contributed by atoms with Crippen LogP contribution in [0.2, 0.25) is 0 Å². The third kappa shape index (κ3) is 6.37. The first-order valence-corrected chi connectivity index (χ1v) is 8.13. The van der Waals surface area contributed by atoms with Crippen molar-refractivity contribution in [2.24, 2.45) is 0 Å². The molecule has 1 N–H and O–H groups in total. The molecule has 1 atom stereocenters. The zero-order chi connectivity index (χ0) is 14.1. The first-order chi connectivity index (χ1) is 9.07. The second-order valence-electron chi connectivity index (χ2n) is 4.49. The van der Waals surface area contributed by atoms with Crippen LogP contribution < -0.4 is 4.72 Å². The summed E-state index contributed by atoms with van der Waals surface area (Å²) in [4.78, 5) is 0. The van der Waals surface area contributed by atoms with Gasteiger partial charge in [-0.25, -0.2) is 13.1 Å². The fraction of sp³-hybridized carbons (Fsp3) is 0.500. The highest BCUT2D eigenvalue weighted by molar-refractivity contribution is 7.89. The van der Waals surface area contributed by atoms with Gasteiger partial charge in [0.1, 0.15) is 0 Å². The molecule has 19 heavy (non-hydrogen) atoms. The Balaban J connectivity index is 2.54. The van der Waals surface area contributed by atoms with Gasteiger partial charge in [-0.3, -0.25) is 0 Å². The lowest BCUT2D eigenvalue weighted by atomic mass is 10.1. The van der Waals surface area contributed by atoms with E-state index in [0.29, 0.717) is 12.8 Å². The number of nitrogens with one attached hydrogen (secondary N) is 1. The maximum atomic E-state index is 11.8. The van der Waals surface area contributed by atoms with Crippen LogP contribution in [-0.2, 0) is 16.4 Å². The van der Waals surface area contributed by atoms with Crippen molar-refractivity contribution in [2.45, 2.75) is 38.6 Å². The average molecular weight is 280 g/mol. The van der Waals surface area contributed by atoms with Crippen LogP contribution in [0.25, 0.3) is 0 Å². The van der Waals surface area contributed by atoms with Crippen molar-refractivity contribution in [3.05, 3.63) is 35.9 Å². The van der Waals surface area contributed by atoms with E-state index in [4.69, 9.17) is 5.26 Å². The predicted octanol–water partition coefficient (Wildman–Crippen LogP) is 2.23. The molecule has 0 spiro atoms. The molecule has 0 radical (unpaired) electrons. The molecule has 0 aromatic heterocycles. The number of rotatable bonds is 8. The summed E-state index contributed by atoms with van der Waals surface area (Å²) in [5.74, 6) is 0.0197. The van der Waals surface area contributed by atoms with Crippen LogP contribution in [-0.4, -0.2) is 20.2 Å². The zero-order valence-corrected chi connectivity index (χ0v) is 12.0. The highest BCUT2D eigenvalue weighted by atomic mass is 32.2. The number of benzene rings is 1. The lowest BCUT2D eigenvalue weighted by molar-refractivity contribution is 0.535. The summed E-state index contributed by atoms with van der Waals surface area (Å²) in [7, 11) is -3.29. The van der Waals surface area contributed by atoms with E-state index < -0.39 is 10.0 Å². The van der Waals surface area contributed by atoms with Gasteiger partial charge in [0.2, 0.25) is 10.0 Å². The van der Waals surface area contributed by atoms with E-state index in [2.05, 4.69) is 4.72 Å². The smallest absolute Gasteiger partial charge is 0.211 e. The van der Waals surface area contributed by atoms with E-state index in [-0.39, 0.29) is 18.2 Å². The SMILES string of the molecule is CC[C@H](Cc1ccccc1)NS(=O)(=O)CCCC#N. The van der Waals surface area contributed by atoms with Crippen LogP contribution in [0.5, 0.6) is 0 Å². The summed E-state index contributed by atoms with van der Waals surface area (Å²) in [5.41, 5.74) is 1.12. The summed E-state index contributed by atoms with van der Waals surface area (Å²) >= 11 is 0. The van der Waals surface area contributed by atoms with Gasteiger partial charge < -0.3 is 0 Å². The second kappa shape index (κ2) is 7.93. The Morgan fingerprint density at radius 2 is 2.00 bits per heavy atom. The minimum absolute atomic E-state index is 0.0197. The zero-order valence-electron chi connectivity index (χ0n) is 11.2. The largest absolute Gasteiger partial charge is 0.212 e. The Kier molecular flexibility index (Phi) is 6.54. The van der Waals surface area contributed by atoms with Crippen molar-refractivity contribution in [1.29, 1.82) is 5.26 Å². The van der Waals surface area contributed by atoms with E-state index in [1.165, 1.54) is 0 Å². The van der Waals surface area contributed by atoms with Gasteiger partial charge in [0.15, 0.2) is 0 Å². The molecule has 0 saturated carbocycles. The van der Waals surface area contributed by atoms with E-state index in [1.807, 2.05) is 43.3 Å². The molecule has 5 heteroatoms. The van der Waals surface area contributed by atoms with Crippen molar-refractivity contribution in [1.82, 2.24) is 4.72 Å². The second-order valence-corrected chi connectivity index (χ2v) is 6.37. The van der Waals surface area contributed by atoms with Crippen LogP contribution in [0.15, 0.2) is 30.3 Å². The van der Waals surface area contributed by atoms with E-state index >= 15 is 0 Å². The quantitative estimate of drug-likeness (QED) is 0.742. The minimum Gasteiger partial charge on any atom is -0.212 e. The molecule has 0 amide bonds. The molecular formula is C14H20N2O2S. The van der Waals surface area contributed by atoms with E-state index in [0.717, 1.165) is 12.0 Å². The lowest BCUT2D eigenvalue weighted by Crippen LogP contribution is -2.37. The Bertz CT molecular complexity index is 506. The molecule has 0 heterocycles. The van der Waals surface area contributed by atoms with E-state index in [9.17, 15) is 8.42 Å². The number of nitriles is 1. The Labute approximate surface area is 115 Å². The molecule has 1 aromatic rings. The molecule has 0 saturated heterocycles. The standard InChI is InChI=1S/C14H20N2O2S/c1-2-14(12-13-8-4-3-5-9-13)16-19(17,18)11-7-6-10-15/h3-5,8-9,14,16H,2,6-7,11-12H2,1H3/t14-/m1/s1. The van der Waals surface area contributed by atoms with Crippen molar-refractivity contribution in [3.8, 4) is 6.07 Å².